The molecule has 1 saturated heterocycles. The number of benzene rings is 2. The summed E-state index contributed by atoms with van der Waals surface area (Å²) in [6.45, 7) is 4.97. The first kappa shape index (κ1) is 22.5. The number of carbonyl (C=O) groups excluding carboxylic acids is 2. The number of amides is 2. The molecule has 0 unspecified atom stereocenters. The van der Waals surface area contributed by atoms with Gasteiger partial charge < -0.3 is 4.57 Å². The van der Waals surface area contributed by atoms with Crippen LogP contribution >= 0.6 is 11.8 Å². The Labute approximate surface area is 195 Å². The molecule has 168 valence electrons. The molecule has 2 amide bonds. The lowest BCUT2D eigenvalue weighted by Gasteiger charge is -2.12. The zero-order valence-corrected chi connectivity index (χ0v) is 19.2. The second kappa shape index (κ2) is 9.46. The SMILES string of the molecule is Cc1cc(/C=C2\SC(=O)N(Cc3ccc([N+](=O)[O-])cc3)C2=O)c(C)n1CCc1ccccc1. The number of rotatable bonds is 7. The summed E-state index contributed by atoms with van der Waals surface area (Å²) in [4.78, 5) is 37.3. The van der Waals surface area contributed by atoms with Crippen molar-refractivity contribution in [1.82, 2.24) is 9.47 Å². The number of non-ortho nitro benzene ring substituents is 1. The van der Waals surface area contributed by atoms with Crippen LogP contribution < -0.4 is 0 Å². The van der Waals surface area contributed by atoms with Crippen LogP contribution in [0.4, 0.5) is 10.5 Å². The number of thioether (sulfide) groups is 1. The Morgan fingerprint density at radius 3 is 2.36 bits per heavy atom. The predicted octanol–water partition coefficient (Wildman–Crippen LogP) is 5.49. The van der Waals surface area contributed by atoms with Gasteiger partial charge in [-0.1, -0.05) is 42.5 Å². The Bertz CT molecular complexity index is 1250. The molecule has 2 heterocycles. The maximum atomic E-state index is 12.9. The van der Waals surface area contributed by atoms with E-state index in [1.165, 1.54) is 22.6 Å². The fraction of sp³-hybridized carbons (Fsp3) is 0.200. The van der Waals surface area contributed by atoms with Gasteiger partial charge in [0.1, 0.15) is 0 Å². The molecule has 0 bridgehead atoms. The third kappa shape index (κ3) is 4.90. The summed E-state index contributed by atoms with van der Waals surface area (Å²) in [6.07, 6.45) is 2.68. The molecule has 4 rings (SSSR count). The highest BCUT2D eigenvalue weighted by Crippen LogP contribution is 2.34. The first-order chi connectivity index (χ1) is 15.8. The van der Waals surface area contributed by atoms with Gasteiger partial charge in [0.25, 0.3) is 16.8 Å². The van der Waals surface area contributed by atoms with E-state index in [2.05, 4.69) is 16.7 Å². The van der Waals surface area contributed by atoms with Gasteiger partial charge >= 0.3 is 0 Å². The molecule has 7 nitrogen and oxygen atoms in total. The first-order valence-electron chi connectivity index (χ1n) is 10.5. The van der Waals surface area contributed by atoms with E-state index in [9.17, 15) is 19.7 Å². The minimum atomic E-state index is -0.483. The van der Waals surface area contributed by atoms with Gasteiger partial charge in [-0.2, -0.15) is 0 Å². The van der Waals surface area contributed by atoms with E-state index in [1.807, 2.05) is 38.1 Å². The van der Waals surface area contributed by atoms with Gasteiger partial charge in [0.15, 0.2) is 0 Å². The summed E-state index contributed by atoms with van der Waals surface area (Å²) in [7, 11) is 0. The molecule has 0 N–H and O–H groups in total. The van der Waals surface area contributed by atoms with Crippen LogP contribution in [0.5, 0.6) is 0 Å². The van der Waals surface area contributed by atoms with Crippen LogP contribution in [0.15, 0.2) is 65.6 Å². The molecule has 1 aliphatic heterocycles. The summed E-state index contributed by atoms with van der Waals surface area (Å²) in [5, 5.41) is 10.5. The van der Waals surface area contributed by atoms with Crippen molar-refractivity contribution in [1.29, 1.82) is 0 Å². The molecule has 3 aromatic rings. The van der Waals surface area contributed by atoms with E-state index in [1.54, 1.807) is 18.2 Å². The van der Waals surface area contributed by atoms with Crippen molar-refractivity contribution in [3.63, 3.8) is 0 Å². The van der Waals surface area contributed by atoms with Gasteiger partial charge in [-0.3, -0.25) is 24.6 Å². The van der Waals surface area contributed by atoms with E-state index >= 15 is 0 Å². The highest BCUT2D eigenvalue weighted by molar-refractivity contribution is 8.18. The first-order valence-corrected chi connectivity index (χ1v) is 11.3. The van der Waals surface area contributed by atoms with Crippen LogP contribution in [0, 0.1) is 24.0 Å². The minimum Gasteiger partial charge on any atom is -0.348 e. The maximum Gasteiger partial charge on any atom is 0.293 e. The number of imide groups is 1. The summed E-state index contributed by atoms with van der Waals surface area (Å²) in [6, 6.07) is 18.2. The van der Waals surface area contributed by atoms with Crippen LogP contribution in [0.25, 0.3) is 6.08 Å². The van der Waals surface area contributed by atoms with Crippen molar-refractivity contribution in [3.05, 3.63) is 104 Å². The molecule has 0 atom stereocenters. The van der Waals surface area contributed by atoms with Gasteiger partial charge in [-0.25, -0.2) is 0 Å². The Hall–Kier alpha value is -3.65. The number of hydrogen-bond donors (Lipinski definition) is 0. The maximum absolute atomic E-state index is 12.9. The Kier molecular flexibility index (Phi) is 6.46. The predicted molar refractivity (Wildman–Crippen MR) is 129 cm³/mol. The van der Waals surface area contributed by atoms with Crippen LogP contribution in [-0.4, -0.2) is 25.5 Å². The molecule has 0 aliphatic carbocycles. The van der Waals surface area contributed by atoms with Crippen molar-refractivity contribution in [2.24, 2.45) is 0 Å². The van der Waals surface area contributed by atoms with Crippen molar-refractivity contribution in [2.45, 2.75) is 33.4 Å². The fourth-order valence-electron chi connectivity index (χ4n) is 3.89. The molecular weight excluding hydrogens is 438 g/mol. The molecule has 1 aliphatic rings. The third-order valence-electron chi connectivity index (χ3n) is 5.73. The van der Waals surface area contributed by atoms with Crippen molar-refractivity contribution in [3.8, 4) is 0 Å². The number of nitro groups is 1. The van der Waals surface area contributed by atoms with Crippen molar-refractivity contribution in [2.75, 3.05) is 0 Å². The second-order valence-electron chi connectivity index (χ2n) is 7.91. The molecular formula is C25H23N3O4S. The molecule has 0 spiro atoms. The van der Waals surface area contributed by atoms with Gasteiger partial charge in [0, 0.05) is 30.1 Å². The lowest BCUT2D eigenvalue weighted by atomic mass is 10.1. The molecule has 8 heteroatoms. The van der Waals surface area contributed by atoms with Gasteiger partial charge in [0.05, 0.1) is 16.4 Å². The monoisotopic (exact) mass is 461 g/mol. The van der Waals surface area contributed by atoms with E-state index in [4.69, 9.17) is 0 Å². The average molecular weight is 462 g/mol. The van der Waals surface area contributed by atoms with E-state index in [-0.39, 0.29) is 23.4 Å². The molecule has 1 fully saturated rings. The zero-order chi connectivity index (χ0) is 23.5. The number of aromatic nitrogens is 1. The quantitative estimate of drug-likeness (QED) is 0.264. The van der Waals surface area contributed by atoms with Crippen LogP contribution in [0.3, 0.4) is 0 Å². The highest BCUT2D eigenvalue weighted by Gasteiger charge is 2.35. The average Bonchev–Trinajstić information content (AvgIpc) is 3.22. The van der Waals surface area contributed by atoms with Crippen molar-refractivity contribution >= 4 is 34.7 Å². The van der Waals surface area contributed by atoms with E-state index in [0.29, 0.717) is 10.5 Å². The number of carbonyl (C=O) groups is 2. The van der Waals surface area contributed by atoms with Crippen molar-refractivity contribution < 1.29 is 14.5 Å². The van der Waals surface area contributed by atoms with Crippen LogP contribution in [0.1, 0.15) is 28.1 Å². The lowest BCUT2D eigenvalue weighted by Crippen LogP contribution is -2.27. The number of nitro benzene ring substituents is 1. The molecule has 1 aromatic heterocycles. The summed E-state index contributed by atoms with van der Waals surface area (Å²) >= 11 is 0.919. The highest BCUT2D eigenvalue weighted by atomic mass is 32.2. The third-order valence-corrected chi connectivity index (χ3v) is 6.64. The summed E-state index contributed by atoms with van der Waals surface area (Å²) in [5.41, 5.74) is 4.95. The normalized spacial score (nSPS) is 15.0. The van der Waals surface area contributed by atoms with E-state index in [0.717, 1.165) is 41.7 Å². The number of hydrogen-bond acceptors (Lipinski definition) is 5. The number of nitrogens with zero attached hydrogens (tertiary/aromatic N) is 3. The standard InChI is InChI=1S/C25H23N3O4S/c1-17-14-21(18(2)26(17)13-12-19-6-4-3-5-7-19)15-23-24(29)27(25(30)33-23)16-20-8-10-22(11-9-20)28(31)32/h3-11,14-15H,12-13,16H2,1-2H3/b23-15-. The van der Waals surface area contributed by atoms with Gasteiger partial charge in [-0.05, 0) is 60.9 Å². The Morgan fingerprint density at radius 2 is 1.70 bits per heavy atom. The number of aryl methyl sites for hydroxylation is 2. The molecule has 0 radical (unpaired) electrons. The van der Waals surface area contributed by atoms with Gasteiger partial charge in [-0.15, -0.1) is 0 Å². The zero-order valence-electron chi connectivity index (χ0n) is 18.4. The van der Waals surface area contributed by atoms with Crippen LogP contribution in [-0.2, 0) is 24.3 Å². The largest absolute Gasteiger partial charge is 0.348 e. The topological polar surface area (TPSA) is 85.5 Å². The Balaban J connectivity index is 1.49. The van der Waals surface area contributed by atoms with E-state index < -0.39 is 4.92 Å². The smallest absolute Gasteiger partial charge is 0.293 e. The second-order valence-corrected chi connectivity index (χ2v) is 8.90. The lowest BCUT2D eigenvalue weighted by molar-refractivity contribution is -0.384. The Morgan fingerprint density at radius 1 is 1.00 bits per heavy atom. The van der Waals surface area contributed by atoms with Crippen LogP contribution in [0.2, 0.25) is 0 Å². The minimum absolute atomic E-state index is 0.0320. The molecule has 0 saturated carbocycles. The fourth-order valence-corrected chi connectivity index (χ4v) is 4.72. The molecule has 2 aromatic carbocycles. The van der Waals surface area contributed by atoms with Gasteiger partial charge in [0.2, 0.25) is 0 Å². The summed E-state index contributed by atoms with van der Waals surface area (Å²) < 4.78 is 2.22. The summed E-state index contributed by atoms with van der Waals surface area (Å²) in [5.74, 6) is -0.350. The molecule has 33 heavy (non-hydrogen) atoms.